The summed E-state index contributed by atoms with van der Waals surface area (Å²) in [5, 5.41) is -1.06. The van der Waals surface area contributed by atoms with Gasteiger partial charge in [0.2, 0.25) is 0 Å². The van der Waals surface area contributed by atoms with E-state index in [0.29, 0.717) is 0 Å². The molecule has 0 aromatic rings. The summed E-state index contributed by atoms with van der Waals surface area (Å²) in [6, 6.07) is 0. The van der Waals surface area contributed by atoms with E-state index in [4.69, 9.17) is 18.1 Å². The summed E-state index contributed by atoms with van der Waals surface area (Å²) in [6.07, 6.45) is 9.09. The van der Waals surface area contributed by atoms with E-state index < -0.39 is 20.6 Å². The van der Waals surface area contributed by atoms with Crippen LogP contribution in [0, 0.1) is 0 Å². The first-order chi connectivity index (χ1) is 16.5. The van der Waals surface area contributed by atoms with Gasteiger partial charge < -0.3 is 18.1 Å². The van der Waals surface area contributed by atoms with Crippen LogP contribution in [0.1, 0.15) is 115 Å². The van der Waals surface area contributed by atoms with E-state index in [9.17, 15) is 9.13 Å². The molecule has 0 fully saturated rings. The minimum atomic E-state index is -3.87. The Morgan fingerprint density at radius 2 is 0.917 bits per heavy atom. The summed E-state index contributed by atoms with van der Waals surface area (Å²) >= 11 is 0. The third-order valence-corrected chi connectivity index (χ3v) is 11.4. The highest BCUT2D eigenvalue weighted by Gasteiger charge is 2.52. The van der Waals surface area contributed by atoms with Gasteiger partial charge in [0, 0.05) is 0 Å². The number of rotatable bonds is 18. The average Bonchev–Trinajstić information content (AvgIpc) is 2.64. The van der Waals surface area contributed by atoms with Gasteiger partial charge in [0.15, 0.2) is 5.40 Å². The minimum absolute atomic E-state index is 0.211. The molecule has 8 heteroatoms. The first-order valence-electron chi connectivity index (χ1n) is 13.4. The summed E-state index contributed by atoms with van der Waals surface area (Å²) < 4.78 is 51.9. The highest BCUT2D eigenvalue weighted by Crippen LogP contribution is 2.73. The molecule has 0 N–H and O–H groups in total. The lowest BCUT2D eigenvalue weighted by Gasteiger charge is -2.35. The van der Waals surface area contributed by atoms with Crippen LogP contribution in [0.25, 0.3) is 0 Å². The molecule has 6 nitrogen and oxygen atoms in total. The predicted octanol–water partition coefficient (Wildman–Crippen LogP) is 10.2. The van der Waals surface area contributed by atoms with E-state index in [-0.39, 0.29) is 30.8 Å². The quantitative estimate of drug-likeness (QED) is 0.125. The first kappa shape index (κ1) is 35.5. The normalized spacial score (nSPS) is 14.1. The Morgan fingerprint density at radius 1 is 0.583 bits per heavy atom. The van der Waals surface area contributed by atoms with E-state index in [1.807, 2.05) is 13.0 Å². The van der Waals surface area contributed by atoms with Crippen molar-refractivity contribution in [3.05, 3.63) is 34.9 Å². The van der Waals surface area contributed by atoms with Crippen LogP contribution in [-0.4, -0.2) is 29.8 Å². The van der Waals surface area contributed by atoms with Gasteiger partial charge in [-0.05, 0) is 115 Å². The van der Waals surface area contributed by atoms with E-state index in [2.05, 4.69) is 32.9 Å². The molecule has 0 atom stereocenters. The summed E-state index contributed by atoms with van der Waals surface area (Å²) in [7, 11) is -7.74. The smallest absolute Gasteiger partial charge is 0.305 e. The molecule has 0 aromatic heterocycles. The zero-order valence-corrected chi connectivity index (χ0v) is 26.8. The van der Waals surface area contributed by atoms with Crippen molar-refractivity contribution in [3.8, 4) is 0 Å². The van der Waals surface area contributed by atoms with Crippen LogP contribution >= 0.6 is 15.2 Å². The van der Waals surface area contributed by atoms with Crippen LogP contribution in [0.5, 0.6) is 0 Å². The van der Waals surface area contributed by atoms with Crippen molar-refractivity contribution >= 4 is 15.2 Å². The molecule has 0 aliphatic heterocycles. The lowest BCUT2D eigenvalue weighted by molar-refractivity contribution is 0.122. The molecule has 0 radical (unpaired) electrons. The maximum absolute atomic E-state index is 14.2. The molecule has 0 spiro atoms. The number of hydrogen-bond donors (Lipinski definition) is 0. The largest absolute Gasteiger partial charge is 0.346 e. The van der Waals surface area contributed by atoms with Crippen LogP contribution in [0.3, 0.4) is 0 Å². The highest BCUT2D eigenvalue weighted by atomic mass is 31.2. The fraction of sp³-hybridized carbons (Fsp3) is 0.786. The van der Waals surface area contributed by atoms with E-state index in [1.54, 1.807) is 55.4 Å². The van der Waals surface area contributed by atoms with Crippen LogP contribution in [-0.2, 0) is 27.2 Å². The van der Waals surface area contributed by atoms with Crippen LogP contribution < -0.4 is 0 Å². The van der Waals surface area contributed by atoms with Gasteiger partial charge in [0.05, 0.1) is 24.4 Å². The average molecular weight is 549 g/mol. The Labute approximate surface area is 222 Å². The molecule has 0 unspecified atom stereocenters. The third-order valence-electron chi connectivity index (χ3n) is 4.96. The summed E-state index contributed by atoms with van der Waals surface area (Å²) in [6.45, 7) is 22.8. The predicted molar refractivity (Wildman–Crippen MR) is 154 cm³/mol. The van der Waals surface area contributed by atoms with Crippen molar-refractivity contribution in [2.45, 2.75) is 145 Å². The fourth-order valence-corrected chi connectivity index (χ4v) is 9.36. The molecule has 0 heterocycles. The second-order valence-corrected chi connectivity index (χ2v) is 15.5. The molecule has 0 saturated carbocycles. The van der Waals surface area contributed by atoms with Crippen molar-refractivity contribution in [2.75, 3.05) is 0 Å². The number of hydrogen-bond acceptors (Lipinski definition) is 6. The lowest BCUT2D eigenvalue weighted by Crippen LogP contribution is -2.23. The van der Waals surface area contributed by atoms with Gasteiger partial charge in [-0.2, -0.15) is 0 Å². The lowest BCUT2D eigenvalue weighted by atomic mass is 10.1. The Balaban J connectivity index is 5.97. The molecule has 0 amide bonds. The molecular formula is C28H54O6P2. The second-order valence-electron chi connectivity index (χ2n) is 10.9. The van der Waals surface area contributed by atoms with Gasteiger partial charge in [-0.1, -0.05) is 34.9 Å². The van der Waals surface area contributed by atoms with Gasteiger partial charge in [-0.15, -0.1) is 0 Å². The van der Waals surface area contributed by atoms with Gasteiger partial charge in [-0.25, -0.2) is 0 Å². The van der Waals surface area contributed by atoms with Crippen molar-refractivity contribution in [1.29, 1.82) is 0 Å². The van der Waals surface area contributed by atoms with Crippen molar-refractivity contribution in [2.24, 2.45) is 0 Å². The zero-order valence-electron chi connectivity index (χ0n) is 25.0. The molecule has 0 rings (SSSR count). The maximum atomic E-state index is 14.2. The monoisotopic (exact) mass is 548 g/mol. The fourth-order valence-electron chi connectivity index (χ4n) is 3.58. The molecule has 0 bridgehead atoms. The van der Waals surface area contributed by atoms with Gasteiger partial charge in [-0.3, -0.25) is 9.13 Å². The Hall–Kier alpha value is -0.480. The van der Waals surface area contributed by atoms with Gasteiger partial charge >= 0.3 is 15.2 Å². The van der Waals surface area contributed by atoms with Gasteiger partial charge in [0.1, 0.15) is 0 Å². The Morgan fingerprint density at radius 3 is 1.25 bits per heavy atom. The Kier molecular flexibility index (Phi) is 16.9. The molecule has 36 heavy (non-hydrogen) atoms. The highest BCUT2D eigenvalue weighted by molar-refractivity contribution is 7.72. The van der Waals surface area contributed by atoms with Crippen molar-refractivity contribution in [1.82, 2.24) is 0 Å². The standard InChI is InChI=1S/C28H54O6P2/c1-21(2)15-13-16-26(11)17-14-18-27(12)19-20-28(35(29,31-22(3)4)32-23(5)6)36(30,33-24(7)8)34-25(9)10/h15,17,19,22-25,28H,13-14,16,18,20H2,1-12H3. The molecule has 0 aromatic carbocycles. The van der Waals surface area contributed by atoms with E-state index >= 15 is 0 Å². The molecule has 0 saturated heterocycles. The SMILES string of the molecule is CC(C)=CCCC(C)=CCCC(C)=CCC(P(=O)(OC(C)C)OC(C)C)P(=O)(OC(C)C)OC(C)C. The summed E-state index contributed by atoms with van der Waals surface area (Å²) in [5.74, 6) is 0. The molecule has 212 valence electrons. The third kappa shape index (κ3) is 15.1. The van der Waals surface area contributed by atoms with Crippen molar-refractivity contribution < 1.29 is 27.2 Å². The van der Waals surface area contributed by atoms with Gasteiger partial charge in [0.25, 0.3) is 0 Å². The zero-order chi connectivity index (χ0) is 28.1. The number of allylic oxidation sites excluding steroid dienone is 6. The minimum Gasteiger partial charge on any atom is -0.305 e. The first-order valence-corrected chi connectivity index (χ1v) is 16.6. The summed E-state index contributed by atoms with van der Waals surface area (Å²) in [4.78, 5) is 0. The molecule has 0 aliphatic rings. The van der Waals surface area contributed by atoms with E-state index in [0.717, 1.165) is 31.3 Å². The summed E-state index contributed by atoms with van der Waals surface area (Å²) in [5.41, 5.74) is 3.84. The van der Waals surface area contributed by atoms with Crippen LogP contribution in [0.15, 0.2) is 34.9 Å². The molecular weight excluding hydrogens is 494 g/mol. The van der Waals surface area contributed by atoms with Crippen LogP contribution in [0.2, 0.25) is 0 Å². The second kappa shape index (κ2) is 17.2. The van der Waals surface area contributed by atoms with E-state index in [1.165, 1.54) is 11.1 Å². The Bertz CT molecular complexity index is 754. The molecule has 0 aliphatic carbocycles. The maximum Gasteiger partial charge on any atom is 0.346 e. The van der Waals surface area contributed by atoms with Crippen molar-refractivity contribution in [3.63, 3.8) is 0 Å². The van der Waals surface area contributed by atoms with Crippen LogP contribution in [0.4, 0.5) is 0 Å². The topological polar surface area (TPSA) is 71.1 Å².